The van der Waals surface area contributed by atoms with E-state index >= 15 is 0 Å². The van der Waals surface area contributed by atoms with Gasteiger partial charge in [0.1, 0.15) is 0 Å². The summed E-state index contributed by atoms with van der Waals surface area (Å²) >= 11 is 1.92. The summed E-state index contributed by atoms with van der Waals surface area (Å²) in [4.78, 5) is 1.36. The molecule has 0 aromatic heterocycles. The molecule has 2 rings (SSSR count). The molecule has 0 unspecified atom stereocenters. The topological polar surface area (TPSA) is 21.3 Å². The van der Waals surface area contributed by atoms with E-state index in [1.54, 1.807) is 7.11 Å². The van der Waals surface area contributed by atoms with Gasteiger partial charge in [0, 0.05) is 30.3 Å². The highest BCUT2D eigenvalue weighted by Gasteiger charge is 2.20. The van der Waals surface area contributed by atoms with E-state index < -0.39 is 0 Å². The minimum absolute atomic E-state index is 0.0157. The Balaban J connectivity index is 1.77. The van der Waals surface area contributed by atoms with Crippen LogP contribution in [0.1, 0.15) is 38.7 Å². The third-order valence-corrected chi connectivity index (χ3v) is 4.59. The molecule has 0 aliphatic heterocycles. The zero-order chi connectivity index (χ0) is 13.7. The van der Waals surface area contributed by atoms with Crippen molar-refractivity contribution >= 4 is 11.8 Å². The first kappa shape index (κ1) is 14.9. The second-order valence-electron chi connectivity index (χ2n) is 5.86. The highest BCUT2D eigenvalue weighted by atomic mass is 32.2. The lowest BCUT2D eigenvalue weighted by molar-refractivity contribution is 0.0207. The molecule has 19 heavy (non-hydrogen) atoms. The highest BCUT2D eigenvalue weighted by Crippen LogP contribution is 2.24. The van der Waals surface area contributed by atoms with Gasteiger partial charge in [-0.25, -0.2) is 0 Å². The summed E-state index contributed by atoms with van der Waals surface area (Å²) in [6.45, 7) is 5.29. The summed E-state index contributed by atoms with van der Waals surface area (Å²) in [5.74, 6) is 1.10. The Morgan fingerprint density at radius 3 is 2.84 bits per heavy atom. The molecule has 0 spiro atoms. The van der Waals surface area contributed by atoms with E-state index in [2.05, 4.69) is 43.4 Å². The van der Waals surface area contributed by atoms with Gasteiger partial charge in [0.15, 0.2) is 0 Å². The first-order chi connectivity index (χ1) is 9.09. The number of hydrogen-bond donors (Lipinski definition) is 1. The average Bonchev–Trinajstić information content (AvgIpc) is 3.21. The van der Waals surface area contributed by atoms with Crippen LogP contribution >= 0.6 is 11.8 Å². The number of ether oxygens (including phenoxy) is 1. The normalized spacial score (nSPS) is 15.7. The van der Waals surface area contributed by atoms with Crippen LogP contribution in [0.2, 0.25) is 0 Å². The van der Waals surface area contributed by atoms with Gasteiger partial charge in [0.05, 0.1) is 5.60 Å². The molecule has 1 N–H and O–H groups in total. The third-order valence-electron chi connectivity index (χ3n) is 3.60. The van der Waals surface area contributed by atoms with Crippen LogP contribution in [0.3, 0.4) is 0 Å². The van der Waals surface area contributed by atoms with Gasteiger partial charge in [0.2, 0.25) is 0 Å². The number of rotatable bonds is 8. The van der Waals surface area contributed by atoms with Crippen molar-refractivity contribution in [3.05, 3.63) is 29.8 Å². The predicted octanol–water partition coefficient (Wildman–Crippen LogP) is 3.85. The fraction of sp³-hybridized carbons (Fsp3) is 0.625. The van der Waals surface area contributed by atoms with E-state index in [1.165, 1.54) is 23.3 Å². The maximum absolute atomic E-state index is 5.45. The van der Waals surface area contributed by atoms with E-state index in [9.17, 15) is 0 Å². The molecule has 1 saturated carbocycles. The minimum Gasteiger partial charge on any atom is -0.379 e. The van der Waals surface area contributed by atoms with Crippen LogP contribution in [0.15, 0.2) is 29.2 Å². The SMILES string of the molecule is COC(C)(C)CCSc1cccc(CNC2CC2)c1. The summed E-state index contributed by atoms with van der Waals surface area (Å²) in [6.07, 6.45) is 3.76. The zero-order valence-electron chi connectivity index (χ0n) is 12.2. The quantitative estimate of drug-likeness (QED) is 0.730. The van der Waals surface area contributed by atoms with Crippen molar-refractivity contribution in [2.75, 3.05) is 12.9 Å². The molecule has 0 bridgehead atoms. The number of methoxy groups -OCH3 is 1. The number of nitrogens with one attached hydrogen (secondary N) is 1. The summed E-state index contributed by atoms with van der Waals surface area (Å²) in [5.41, 5.74) is 1.38. The lowest BCUT2D eigenvalue weighted by Crippen LogP contribution is -2.22. The van der Waals surface area contributed by atoms with Gasteiger partial charge in [-0.15, -0.1) is 11.8 Å². The molecule has 2 nitrogen and oxygen atoms in total. The van der Waals surface area contributed by atoms with Gasteiger partial charge < -0.3 is 10.1 Å². The van der Waals surface area contributed by atoms with Crippen LogP contribution in [-0.4, -0.2) is 24.5 Å². The summed E-state index contributed by atoms with van der Waals surface area (Å²) in [5, 5.41) is 3.56. The Bertz CT molecular complexity index is 401. The van der Waals surface area contributed by atoms with Crippen LogP contribution in [-0.2, 0) is 11.3 Å². The number of hydrogen-bond acceptors (Lipinski definition) is 3. The van der Waals surface area contributed by atoms with E-state index in [0.29, 0.717) is 0 Å². The monoisotopic (exact) mass is 279 g/mol. The van der Waals surface area contributed by atoms with Crippen molar-refractivity contribution in [1.29, 1.82) is 0 Å². The summed E-state index contributed by atoms with van der Waals surface area (Å²) < 4.78 is 5.45. The fourth-order valence-corrected chi connectivity index (χ4v) is 3.05. The number of benzene rings is 1. The van der Waals surface area contributed by atoms with Crippen molar-refractivity contribution in [3.8, 4) is 0 Å². The van der Waals surface area contributed by atoms with Gasteiger partial charge in [-0.3, -0.25) is 0 Å². The average molecular weight is 279 g/mol. The molecule has 1 aromatic carbocycles. The third kappa shape index (κ3) is 5.55. The van der Waals surface area contributed by atoms with Crippen LogP contribution in [0.25, 0.3) is 0 Å². The van der Waals surface area contributed by atoms with Crippen molar-refractivity contribution in [1.82, 2.24) is 5.32 Å². The van der Waals surface area contributed by atoms with Crippen LogP contribution in [0, 0.1) is 0 Å². The Hall–Kier alpha value is -0.510. The zero-order valence-corrected chi connectivity index (χ0v) is 13.1. The van der Waals surface area contributed by atoms with Gasteiger partial charge >= 0.3 is 0 Å². The Morgan fingerprint density at radius 1 is 1.37 bits per heavy atom. The van der Waals surface area contributed by atoms with Crippen LogP contribution < -0.4 is 5.32 Å². The van der Waals surface area contributed by atoms with Crippen LogP contribution in [0.5, 0.6) is 0 Å². The second-order valence-corrected chi connectivity index (χ2v) is 7.03. The lowest BCUT2D eigenvalue weighted by Gasteiger charge is -2.22. The minimum atomic E-state index is -0.0157. The van der Waals surface area contributed by atoms with Gasteiger partial charge in [-0.05, 0) is 50.8 Å². The first-order valence-electron chi connectivity index (χ1n) is 7.09. The Morgan fingerprint density at radius 2 is 2.16 bits per heavy atom. The maximum atomic E-state index is 5.45. The Kier molecular flexibility index (Phi) is 5.31. The fourth-order valence-electron chi connectivity index (χ4n) is 1.81. The molecule has 1 fully saturated rings. The molecule has 3 heteroatoms. The standard InChI is InChI=1S/C16H25NOS/c1-16(2,18-3)9-10-19-15-6-4-5-13(11-15)12-17-14-7-8-14/h4-6,11,14,17H,7-10,12H2,1-3H3. The molecule has 0 atom stereocenters. The summed E-state index contributed by atoms with van der Waals surface area (Å²) in [6, 6.07) is 9.65. The van der Waals surface area contributed by atoms with Gasteiger partial charge in [-0.2, -0.15) is 0 Å². The maximum Gasteiger partial charge on any atom is 0.0630 e. The Labute approximate surface area is 121 Å². The smallest absolute Gasteiger partial charge is 0.0630 e. The molecule has 0 heterocycles. The first-order valence-corrected chi connectivity index (χ1v) is 8.08. The van der Waals surface area contributed by atoms with Crippen molar-refractivity contribution in [2.45, 2.75) is 56.2 Å². The van der Waals surface area contributed by atoms with E-state index in [4.69, 9.17) is 4.74 Å². The van der Waals surface area contributed by atoms with E-state index in [1.807, 2.05) is 11.8 Å². The van der Waals surface area contributed by atoms with Crippen molar-refractivity contribution < 1.29 is 4.74 Å². The lowest BCUT2D eigenvalue weighted by atomic mass is 10.1. The van der Waals surface area contributed by atoms with E-state index in [-0.39, 0.29) is 5.60 Å². The predicted molar refractivity (Wildman–Crippen MR) is 82.7 cm³/mol. The number of thioether (sulfide) groups is 1. The van der Waals surface area contributed by atoms with Crippen molar-refractivity contribution in [3.63, 3.8) is 0 Å². The van der Waals surface area contributed by atoms with Crippen LogP contribution in [0.4, 0.5) is 0 Å². The molecule has 106 valence electrons. The molecule has 0 amide bonds. The molecule has 0 radical (unpaired) electrons. The molecule has 1 aliphatic rings. The molecular weight excluding hydrogens is 254 g/mol. The molecule has 1 aliphatic carbocycles. The largest absolute Gasteiger partial charge is 0.379 e. The second kappa shape index (κ2) is 6.78. The van der Waals surface area contributed by atoms with Crippen molar-refractivity contribution in [2.24, 2.45) is 0 Å². The summed E-state index contributed by atoms with van der Waals surface area (Å²) in [7, 11) is 1.79. The highest BCUT2D eigenvalue weighted by molar-refractivity contribution is 7.99. The van der Waals surface area contributed by atoms with E-state index in [0.717, 1.165) is 24.8 Å². The molecule has 0 saturated heterocycles. The molecule has 1 aromatic rings. The van der Waals surface area contributed by atoms with Gasteiger partial charge in [0.25, 0.3) is 0 Å². The van der Waals surface area contributed by atoms with Gasteiger partial charge in [-0.1, -0.05) is 12.1 Å². The molecular formula is C16H25NOS.